The predicted octanol–water partition coefficient (Wildman–Crippen LogP) is 2.19. The second-order valence-corrected chi connectivity index (χ2v) is 5.60. The Morgan fingerprint density at radius 2 is 2.26 bits per heavy atom. The van der Waals surface area contributed by atoms with Crippen LogP contribution in [0.1, 0.15) is 48.7 Å². The highest BCUT2D eigenvalue weighted by Crippen LogP contribution is 2.27. The third-order valence-corrected chi connectivity index (χ3v) is 4.06. The minimum atomic E-state index is 0.0164. The van der Waals surface area contributed by atoms with E-state index in [0.717, 1.165) is 18.4 Å². The van der Waals surface area contributed by atoms with Crippen LogP contribution < -0.4 is 5.73 Å². The number of rotatable bonds is 3. The Kier molecular flexibility index (Phi) is 4.53. The third kappa shape index (κ3) is 3.32. The number of hydrogen-bond donors (Lipinski definition) is 1. The molecule has 0 saturated heterocycles. The molecule has 1 heterocycles. The van der Waals surface area contributed by atoms with Crippen molar-refractivity contribution in [2.45, 2.75) is 45.2 Å². The lowest BCUT2D eigenvalue weighted by molar-refractivity contribution is 0.0666. The molecule has 0 aliphatic heterocycles. The molecule has 104 valence electrons. The van der Waals surface area contributed by atoms with E-state index in [9.17, 15) is 4.79 Å². The van der Waals surface area contributed by atoms with Crippen molar-refractivity contribution in [1.82, 2.24) is 9.88 Å². The molecule has 1 saturated carbocycles. The number of nitrogens with zero attached hydrogens (tertiary/aromatic N) is 2. The predicted molar refractivity (Wildman–Crippen MR) is 75.6 cm³/mol. The highest BCUT2D eigenvalue weighted by atomic mass is 16.2. The fourth-order valence-electron chi connectivity index (χ4n) is 2.77. The van der Waals surface area contributed by atoms with Gasteiger partial charge in [0.2, 0.25) is 0 Å². The number of pyridine rings is 1. The summed E-state index contributed by atoms with van der Waals surface area (Å²) in [5.74, 6) is 0.726. The van der Waals surface area contributed by atoms with E-state index in [1.165, 1.54) is 12.8 Å². The van der Waals surface area contributed by atoms with Crippen LogP contribution in [-0.2, 0) is 6.54 Å². The maximum absolute atomic E-state index is 12.4. The van der Waals surface area contributed by atoms with E-state index in [1.54, 1.807) is 12.3 Å². The smallest absolute Gasteiger partial charge is 0.272 e. The first kappa shape index (κ1) is 14.0. The second kappa shape index (κ2) is 6.15. The Balaban J connectivity index is 2.05. The Morgan fingerprint density at radius 1 is 1.47 bits per heavy atom. The Morgan fingerprint density at radius 3 is 2.84 bits per heavy atom. The number of nitrogens with two attached hydrogens (primary N) is 1. The monoisotopic (exact) mass is 261 g/mol. The lowest BCUT2D eigenvalue weighted by Gasteiger charge is -2.34. The molecule has 1 aromatic rings. The summed E-state index contributed by atoms with van der Waals surface area (Å²) in [6.07, 6.45) is 6.38. The van der Waals surface area contributed by atoms with Crippen LogP contribution in [0.4, 0.5) is 0 Å². The number of aromatic nitrogens is 1. The maximum atomic E-state index is 12.4. The van der Waals surface area contributed by atoms with Crippen molar-refractivity contribution in [2.24, 2.45) is 11.7 Å². The van der Waals surface area contributed by atoms with Crippen molar-refractivity contribution in [3.63, 3.8) is 0 Å². The summed E-state index contributed by atoms with van der Waals surface area (Å²) in [6, 6.07) is 4.00. The van der Waals surface area contributed by atoms with Crippen molar-refractivity contribution >= 4 is 5.91 Å². The minimum Gasteiger partial charge on any atom is -0.337 e. The van der Waals surface area contributed by atoms with Gasteiger partial charge in [-0.1, -0.05) is 25.8 Å². The molecule has 2 unspecified atom stereocenters. The van der Waals surface area contributed by atoms with Gasteiger partial charge in [-0.15, -0.1) is 0 Å². The van der Waals surface area contributed by atoms with Gasteiger partial charge in [0.25, 0.3) is 5.91 Å². The molecule has 1 fully saturated rings. The molecule has 0 radical (unpaired) electrons. The zero-order valence-electron chi connectivity index (χ0n) is 11.8. The summed E-state index contributed by atoms with van der Waals surface area (Å²) >= 11 is 0. The Bertz CT molecular complexity index is 430. The minimum absolute atomic E-state index is 0.0164. The van der Waals surface area contributed by atoms with Crippen LogP contribution in [0.3, 0.4) is 0 Å². The molecule has 1 aliphatic rings. The fraction of sp³-hybridized carbons (Fsp3) is 0.600. The molecule has 0 aromatic carbocycles. The normalized spacial score (nSPS) is 23.1. The largest absolute Gasteiger partial charge is 0.337 e. The Labute approximate surface area is 115 Å². The van der Waals surface area contributed by atoms with Gasteiger partial charge in [-0.25, -0.2) is 0 Å². The maximum Gasteiger partial charge on any atom is 0.272 e. The Hall–Kier alpha value is -1.42. The molecule has 1 aromatic heterocycles. The summed E-state index contributed by atoms with van der Waals surface area (Å²) in [5.41, 5.74) is 6.99. The van der Waals surface area contributed by atoms with Gasteiger partial charge in [-0.2, -0.15) is 0 Å². The molecule has 19 heavy (non-hydrogen) atoms. The quantitative estimate of drug-likeness (QED) is 0.907. The first-order valence-electron chi connectivity index (χ1n) is 7.04. The van der Waals surface area contributed by atoms with E-state index in [0.29, 0.717) is 24.2 Å². The van der Waals surface area contributed by atoms with Crippen LogP contribution in [0.5, 0.6) is 0 Å². The summed E-state index contributed by atoms with van der Waals surface area (Å²) in [6.45, 7) is 2.72. The molecule has 0 spiro atoms. The van der Waals surface area contributed by atoms with Crippen molar-refractivity contribution in [3.05, 3.63) is 29.6 Å². The van der Waals surface area contributed by atoms with Gasteiger partial charge < -0.3 is 10.6 Å². The first-order valence-corrected chi connectivity index (χ1v) is 7.04. The van der Waals surface area contributed by atoms with Crippen molar-refractivity contribution in [2.75, 3.05) is 7.05 Å². The topological polar surface area (TPSA) is 59.2 Å². The summed E-state index contributed by atoms with van der Waals surface area (Å²) in [7, 11) is 1.89. The van der Waals surface area contributed by atoms with Gasteiger partial charge in [-0.3, -0.25) is 9.78 Å². The van der Waals surface area contributed by atoms with Crippen LogP contribution in [0.2, 0.25) is 0 Å². The number of hydrogen-bond acceptors (Lipinski definition) is 3. The first-order chi connectivity index (χ1) is 9.11. The van der Waals surface area contributed by atoms with E-state index in [-0.39, 0.29) is 5.91 Å². The van der Waals surface area contributed by atoms with Crippen LogP contribution >= 0.6 is 0 Å². The molecule has 2 atom stereocenters. The molecular weight excluding hydrogens is 238 g/mol. The van der Waals surface area contributed by atoms with Crippen molar-refractivity contribution in [1.29, 1.82) is 0 Å². The number of amides is 1. The summed E-state index contributed by atoms with van der Waals surface area (Å²) in [4.78, 5) is 18.5. The lowest BCUT2D eigenvalue weighted by atomic mass is 9.86. The molecule has 1 amide bonds. The van der Waals surface area contributed by atoms with Gasteiger partial charge in [0, 0.05) is 25.8 Å². The molecule has 1 aliphatic carbocycles. The van der Waals surface area contributed by atoms with Crippen molar-refractivity contribution in [3.8, 4) is 0 Å². The van der Waals surface area contributed by atoms with Crippen LogP contribution in [-0.4, -0.2) is 28.9 Å². The average Bonchev–Trinajstić information content (AvgIpc) is 2.46. The van der Waals surface area contributed by atoms with Gasteiger partial charge in [-0.05, 0) is 30.4 Å². The third-order valence-electron chi connectivity index (χ3n) is 4.06. The molecule has 4 heteroatoms. The zero-order valence-corrected chi connectivity index (χ0v) is 11.8. The molecule has 4 nitrogen and oxygen atoms in total. The molecule has 0 bridgehead atoms. The fourth-order valence-corrected chi connectivity index (χ4v) is 2.77. The molecule has 2 N–H and O–H groups in total. The van der Waals surface area contributed by atoms with E-state index in [4.69, 9.17) is 5.73 Å². The zero-order chi connectivity index (χ0) is 13.8. The van der Waals surface area contributed by atoms with E-state index in [1.807, 2.05) is 18.0 Å². The standard InChI is InChI=1S/C15H23N3O/c1-11-4-3-5-13(8-11)18(2)15(19)14-7-6-12(9-16)10-17-14/h6-7,10-11,13H,3-5,8-9,16H2,1-2H3. The molecular formula is C15H23N3O. The summed E-state index contributed by atoms with van der Waals surface area (Å²) < 4.78 is 0. The SMILES string of the molecule is CC1CCCC(N(C)C(=O)c2ccc(CN)cn2)C1. The number of carbonyl (C=O) groups is 1. The van der Waals surface area contributed by atoms with Crippen LogP contribution in [0.15, 0.2) is 18.3 Å². The van der Waals surface area contributed by atoms with Crippen LogP contribution in [0, 0.1) is 5.92 Å². The lowest BCUT2D eigenvalue weighted by Crippen LogP contribution is -2.40. The van der Waals surface area contributed by atoms with Gasteiger partial charge in [0.1, 0.15) is 5.69 Å². The highest BCUT2D eigenvalue weighted by molar-refractivity contribution is 5.92. The van der Waals surface area contributed by atoms with Crippen LogP contribution in [0.25, 0.3) is 0 Å². The highest BCUT2D eigenvalue weighted by Gasteiger charge is 2.26. The molecule has 2 rings (SSSR count). The van der Waals surface area contributed by atoms with Gasteiger partial charge in [0.15, 0.2) is 0 Å². The van der Waals surface area contributed by atoms with Gasteiger partial charge in [0.05, 0.1) is 0 Å². The van der Waals surface area contributed by atoms with E-state index in [2.05, 4.69) is 11.9 Å². The second-order valence-electron chi connectivity index (χ2n) is 5.60. The number of carbonyl (C=O) groups excluding carboxylic acids is 1. The van der Waals surface area contributed by atoms with E-state index >= 15 is 0 Å². The van der Waals surface area contributed by atoms with E-state index < -0.39 is 0 Å². The summed E-state index contributed by atoms with van der Waals surface area (Å²) in [5, 5.41) is 0. The average molecular weight is 261 g/mol. The van der Waals surface area contributed by atoms with Gasteiger partial charge >= 0.3 is 0 Å². The van der Waals surface area contributed by atoms with Crippen molar-refractivity contribution < 1.29 is 4.79 Å².